The monoisotopic (exact) mass is 612 g/mol. The normalized spacial score (nSPS) is 22.2. The molecule has 1 fully saturated rings. The minimum Gasteiger partial charge on any atom is -0.465 e. The molecule has 1 aliphatic rings. The van der Waals surface area contributed by atoms with E-state index in [1.807, 2.05) is 18.2 Å². The third-order valence-corrected chi connectivity index (χ3v) is 9.51. The van der Waals surface area contributed by atoms with Crippen LogP contribution in [-0.4, -0.2) is 66.7 Å². The quantitative estimate of drug-likeness (QED) is 0.0822. The molecule has 0 bridgehead atoms. The van der Waals surface area contributed by atoms with Crippen LogP contribution < -0.4 is 5.32 Å². The molecule has 230 valence electrons. The van der Waals surface area contributed by atoms with Crippen molar-refractivity contribution in [3.63, 3.8) is 0 Å². The third-order valence-electron chi connectivity index (χ3n) is 6.76. The van der Waals surface area contributed by atoms with Crippen LogP contribution >= 0.6 is 11.3 Å². The van der Waals surface area contributed by atoms with Gasteiger partial charge in [0.25, 0.3) is 10.0 Å². The molecular formula is C29H44N2O8S2. The SMILES string of the molecule is CCCCC[C@H](O)/C=C/[C@@H]1[C@@H](C/C=C\CCCC(=O)OCC/C=N/S(=O)(=O)c2ccc(NC(C)=O)s2)[C@@H](O)C[C@H]1O. The molecule has 0 unspecified atom stereocenters. The first-order valence-electron chi connectivity index (χ1n) is 14.2. The highest BCUT2D eigenvalue weighted by molar-refractivity contribution is 7.92. The number of allylic oxidation sites excluding steroid dienone is 2. The molecule has 0 aliphatic heterocycles. The predicted molar refractivity (Wildman–Crippen MR) is 160 cm³/mol. The molecule has 0 saturated heterocycles. The highest BCUT2D eigenvalue weighted by atomic mass is 32.2. The van der Waals surface area contributed by atoms with Gasteiger partial charge in [0.05, 0.1) is 29.9 Å². The van der Waals surface area contributed by atoms with E-state index in [0.29, 0.717) is 37.1 Å². The number of thiophene rings is 1. The van der Waals surface area contributed by atoms with E-state index in [9.17, 15) is 33.3 Å². The number of hydrogen-bond donors (Lipinski definition) is 4. The van der Waals surface area contributed by atoms with Gasteiger partial charge in [-0.15, -0.1) is 11.3 Å². The predicted octanol–water partition coefficient (Wildman–Crippen LogP) is 4.37. The number of carbonyl (C=O) groups is 2. The van der Waals surface area contributed by atoms with E-state index < -0.39 is 28.3 Å². The maximum atomic E-state index is 12.2. The average molecular weight is 613 g/mol. The minimum absolute atomic E-state index is 0.00440. The molecule has 41 heavy (non-hydrogen) atoms. The van der Waals surface area contributed by atoms with E-state index in [1.54, 1.807) is 6.08 Å². The Bertz CT molecular complexity index is 1150. The minimum atomic E-state index is -3.88. The van der Waals surface area contributed by atoms with E-state index in [0.717, 1.165) is 30.6 Å². The first-order valence-corrected chi connectivity index (χ1v) is 16.5. The maximum absolute atomic E-state index is 12.2. The van der Waals surface area contributed by atoms with E-state index >= 15 is 0 Å². The second-order valence-electron chi connectivity index (χ2n) is 10.2. The number of hydrogen-bond acceptors (Lipinski definition) is 9. The summed E-state index contributed by atoms with van der Waals surface area (Å²) < 4.78 is 33.2. The highest BCUT2D eigenvalue weighted by Gasteiger charge is 2.39. The fraction of sp³-hybridized carbons (Fsp3) is 0.621. The van der Waals surface area contributed by atoms with E-state index in [2.05, 4.69) is 16.6 Å². The number of nitrogens with one attached hydrogen (secondary N) is 1. The lowest BCUT2D eigenvalue weighted by atomic mass is 9.89. The molecule has 1 heterocycles. The Hall–Kier alpha value is -2.38. The summed E-state index contributed by atoms with van der Waals surface area (Å²) >= 11 is 0.904. The molecule has 4 N–H and O–H groups in total. The van der Waals surface area contributed by atoms with Gasteiger partial charge in [-0.25, -0.2) is 0 Å². The Kier molecular flexibility index (Phi) is 15.5. The Balaban J connectivity index is 1.65. The van der Waals surface area contributed by atoms with Crippen LogP contribution in [0.3, 0.4) is 0 Å². The fourth-order valence-corrected chi connectivity index (χ4v) is 6.75. The second kappa shape index (κ2) is 18.2. The molecule has 1 amide bonds. The molecule has 10 nitrogen and oxygen atoms in total. The van der Waals surface area contributed by atoms with E-state index in [-0.39, 0.29) is 47.4 Å². The van der Waals surface area contributed by atoms with Crippen molar-refractivity contribution in [1.82, 2.24) is 0 Å². The van der Waals surface area contributed by atoms with Gasteiger partial charge in [-0.1, -0.05) is 50.5 Å². The number of carbonyl (C=O) groups excluding carboxylic acids is 2. The topological polar surface area (TPSA) is 163 Å². The zero-order valence-electron chi connectivity index (χ0n) is 23.9. The highest BCUT2D eigenvalue weighted by Crippen LogP contribution is 2.36. The molecule has 0 radical (unpaired) electrons. The molecular weight excluding hydrogens is 568 g/mol. The van der Waals surface area contributed by atoms with Crippen molar-refractivity contribution in [2.45, 2.75) is 101 Å². The molecule has 0 aromatic carbocycles. The van der Waals surface area contributed by atoms with Gasteiger partial charge in [0.2, 0.25) is 5.91 Å². The van der Waals surface area contributed by atoms with Gasteiger partial charge in [-0.2, -0.15) is 12.8 Å². The Morgan fingerprint density at radius 2 is 1.95 bits per heavy atom. The number of sulfonamides is 1. The lowest BCUT2D eigenvalue weighted by molar-refractivity contribution is -0.143. The standard InChI is InChI=1S/C29H44N2O8S2/c1-3-4-7-11-22(33)14-15-24-23(25(34)20-26(24)35)12-8-5-6-9-13-28(36)39-19-10-18-30-41(37,38)29-17-16-27(40-29)31-21(2)32/h5,8,14-18,22-26,33-35H,3-4,6-7,9-13,19-20H2,1-2H3,(H,31,32)/b8-5-,15-14+,30-18+/t22-,23+,24+,25-,26+/m0/s1. The summed E-state index contributed by atoms with van der Waals surface area (Å²) in [5.41, 5.74) is 0. The number of unbranched alkanes of at least 4 members (excludes halogenated alkanes) is 3. The Morgan fingerprint density at radius 1 is 1.17 bits per heavy atom. The molecule has 5 atom stereocenters. The van der Waals surface area contributed by atoms with Crippen molar-refractivity contribution < 1.29 is 38.1 Å². The maximum Gasteiger partial charge on any atom is 0.305 e. The number of esters is 1. The summed E-state index contributed by atoms with van der Waals surface area (Å²) in [4.78, 5) is 23.0. The lowest BCUT2D eigenvalue weighted by Crippen LogP contribution is -2.20. The van der Waals surface area contributed by atoms with Crippen molar-refractivity contribution in [3.05, 3.63) is 36.4 Å². The number of nitrogens with zero attached hydrogens (tertiary/aromatic N) is 1. The zero-order chi connectivity index (χ0) is 30.3. The summed E-state index contributed by atoms with van der Waals surface area (Å²) in [6.45, 7) is 3.46. The molecule has 1 saturated carbocycles. The Labute approximate surface area is 247 Å². The van der Waals surface area contributed by atoms with Crippen LogP contribution in [0.5, 0.6) is 0 Å². The average Bonchev–Trinajstić information content (AvgIpc) is 3.48. The number of aliphatic hydroxyl groups is 3. The first kappa shape index (κ1) is 34.8. The number of rotatable bonds is 18. The van der Waals surface area contributed by atoms with Crippen LogP contribution in [0, 0.1) is 11.8 Å². The van der Waals surface area contributed by atoms with Gasteiger partial charge in [0.15, 0.2) is 0 Å². The van der Waals surface area contributed by atoms with E-state index in [1.165, 1.54) is 25.3 Å². The molecule has 1 aliphatic carbocycles. The van der Waals surface area contributed by atoms with Crippen molar-refractivity contribution >= 4 is 44.5 Å². The first-order chi connectivity index (χ1) is 19.5. The van der Waals surface area contributed by atoms with Crippen LogP contribution in [0.4, 0.5) is 5.00 Å². The molecule has 1 aromatic rings. The fourth-order valence-electron chi connectivity index (χ4n) is 4.60. The summed E-state index contributed by atoms with van der Waals surface area (Å²) in [5, 5.41) is 33.8. The number of ether oxygens (including phenoxy) is 1. The summed E-state index contributed by atoms with van der Waals surface area (Å²) in [6, 6.07) is 2.86. The summed E-state index contributed by atoms with van der Waals surface area (Å²) in [7, 11) is -3.88. The number of amides is 1. The summed E-state index contributed by atoms with van der Waals surface area (Å²) in [6.07, 6.45) is 13.2. The smallest absolute Gasteiger partial charge is 0.305 e. The van der Waals surface area contributed by atoms with Gasteiger partial charge >= 0.3 is 5.97 Å². The van der Waals surface area contributed by atoms with Crippen LogP contribution in [0.25, 0.3) is 0 Å². The largest absolute Gasteiger partial charge is 0.465 e. The number of anilines is 1. The van der Waals surface area contributed by atoms with Gasteiger partial charge in [-0.05, 0) is 43.7 Å². The van der Waals surface area contributed by atoms with Crippen LogP contribution in [-0.2, 0) is 24.3 Å². The molecule has 12 heteroatoms. The van der Waals surface area contributed by atoms with Crippen molar-refractivity contribution in [2.24, 2.45) is 16.2 Å². The van der Waals surface area contributed by atoms with Crippen molar-refractivity contribution in [1.29, 1.82) is 0 Å². The second-order valence-corrected chi connectivity index (χ2v) is 13.2. The molecule has 0 spiro atoms. The van der Waals surface area contributed by atoms with Gasteiger partial charge in [-0.3, -0.25) is 9.59 Å². The molecule has 1 aromatic heterocycles. The Morgan fingerprint density at radius 3 is 2.68 bits per heavy atom. The summed E-state index contributed by atoms with van der Waals surface area (Å²) in [5.74, 6) is -1.02. The molecule has 2 rings (SSSR count). The van der Waals surface area contributed by atoms with Gasteiger partial charge < -0.3 is 25.4 Å². The van der Waals surface area contributed by atoms with Gasteiger partial charge in [0.1, 0.15) is 4.21 Å². The number of aliphatic hydroxyl groups excluding tert-OH is 3. The van der Waals surface area contributed by atoms with Gasteiger partial charge in [0, 0.05) is 38.3 Å². The van der Waals surface area contributed by atoms with Crippen molar-refractivity contribution in [3.8, 4) is 0 Å². The van der Waals surface area contributed by atoms with Crippen LogP contribution in [0.15, 0.2) is 45.0 Å². The van der Waals surface area contributed by atoms with Crippen molar-refractivity contribution in [2.75, 3.05) is 11.9 Å². The van der Waals surface area contributed by atoms with E-state index in [4.69, 9.17) is 4.74 Å². The van der Waals surface area contributed by atoms with Crippen LogP contribution in [0.1, 0.15) is 78.1 Å². The lowest BCUT2D eigenvalue weighted by Gasteiger charge is -2.19. The third kappa shape index (κ3) is 13.0. The van der Waals surface area contributed by atoms with Crippen LogP contribution in [0.2, 0.25) is 0 Å². The zero-order valence-corrected chi connectivity index (χ0v) is 25.5.